The highest BCUT2D eigenvalue weighted by molar-refractivity contribution is 5.28. The summed E-state index contributed by atoms with van der Waals surface area (Å²) in [7, 11) is 0. The van der Waals surface area contributed by atoms with E-state index >= 15 is 0 Å². The topological polar surface area (TPSA) is 33.5 Å². The van der Waals surface area contributed by atoms with E-state index in [0.29, 0.717) is 12.5 Å². The van der Waals surface area contributed by atoms with Crippen LogP contribution in [0.1, 0.15) is 5.56 Å². The maximum Gasteiger partial charge on any atom is 0.225 e. The second-order valence-electron chi connectivity index (χ2n) is 5.16. The smallest absolute Gasteiger partial charge is 0.225 e. The van der Waals surface area contributed by atoms with Crippen LogP contribution >= 0.6 is 0 Å². The molecule has 2 aromatic rings. The van der Waals surface area contributed by atoms with Crippen molar-refractivity contribution in [1.82, 2.24) is 9.97 Å². The molecule has 1 saturated heterocycles. The number of benzene rings is 1. The second-order valence-corrected chi connectivity index (χ2v) is 5.16. The zero-order valence-electron chi connectivity index (χ0n) is 12.0. The Bertz CT molecular complexity index is 583. The van der Waals surface area contributed by atoms with Crippen molar-refractivity contribution in [3.63, 3.8) is 0 Å². The van der Waals surface area contributed by atoms with Gasteiger partial charge in [-0.3, -0.25) is 0 Å². The largest absolute Gasteiger partial charge is 1.00 e. The lowest BCUT2D eigenvalue weighted by atomic mass is 10.1. The minimum absolute atomic E-state index is 0. The number of aromatic nitrogens is 2. The van der Waals surface area contributed by atoms with E-state index in [1.54, 1.807) is 18.5 Å². The summed E-state index contributed by atoms with van der Waals surface area (Å²) >= 11 is 0. The van der Waals surface area contributed by atoms with Gasteiger partial charge in [-0.2, -0.15) is 0 Å². The van der Waals surface area contributed by atoms with Crippen molar-refractivity contribution in [3.05, 3.63) is 53.9 Å². The van der Waals surface area contributed by atoms with Crippen LogP contribution in [0.25, 0.3) is 0 Å². The van der Waals surface area contributed by atoms with Gasteiger partial charge in [-0.1, -0.05) is 6.07 Å². The van der Waals surface area contributed by atoms with E-state index in [1.807, 2.05) is 0 Å². The molecular weight excluding hydrogens is 310 g/mol. The van der Waals surface area contributed by atoms with Gasteiger partial charge in [0.2, 0.25) is 5.95 Å². The summed E-state index contributed by atoms with van der Waals surface area (Å²) in [5.41, 5.74) is 0.178. The Morgan fingerprint density at radius 1 is 1.00 bits per heavy atom. The number of rotatable bonds is 3. The quantitative estimate of drug-likeness (QED) is 0.687. The van der Waals surface area contributed by atoms with Crippen molar-refractivity contribution in [2.75, 3.05) is 31.1 Å². The van der Waals surface area contributed by atoms with Crippen LogP contribution in [0.4, 0.5) is 14.7 Å². The minimum atomic E-state index is -0.462. The Kier molecular flexibility index (Phi) is 5.63. The first kappa shape index (κ1) is 16.6. The van der Waals surface area contributed by atoms with Gasteiger partial charge in [0.05, 0.1) is 31.7 Å². The van der Waals surface area contributed by atoms with Crippen LogP contribution in [0.15, 0.2) is 36.7 Å². The van der Waals surface area contributed by atoms with Crippen LogP contribution < -0.4 is 22.2 Å². The molecule has 0 unspecified atom stereocenters. The molecule has 1 aliphatic heterocycles. The molecule has 0 amide bonds. The Labute approximate surface area is 134 Å². The first-order valence-electron chi connectivity index (χ1n) is 7.02. The number of anilines is 1. The fourth-order valence-electron chi connectivity index (χ4n) is 2.61. The van der Waals surface area contributed by atoms with Gasteiger partial charge in [0.1, 0.15) is 18.2 Å². The third kappa shape index (κ3) is 3.69. The van der Waals surface area contributed by atoms with Gasteiger partial charge < -0.3 is 22.2 Å². The molecule has 0 spiro atoms. The predicted molar refractivity (Wildman–Crippen MR) is 75.0 cm³/mol. The number of piperazine rings is 1. The highest BCUT2D eigenvalue weighted by Crippen LogP contribution is 2.11. The van der Waals surface area contributed by atoms with E-state index in [2.05, 4.69) is 14.9 Å². The van der Waals surface area contributed by atoms with Gasteiger partial charge in [-0.25, -0.2) is 18.7 Å². The SMILES string of the molecule is Fc1cccc(F)c1C[NH+]1CCN(c2ncccn2)CC1.[Cl-]. The van der Waals surface area contributed by atoms with Crippen molar-refractivity contribution in [2.24, 2.45) is 0 Å². The number of hydrogen-bond donors (Lipinski definition) is 1. The lowest BCUT2D eigenvalue weighted by molar-refractivity contribution is -0.914. The minimum Gasteiger partial charge on any atom is -1.00 e. The summed E-state index contributed by atoms with van der Waals surface area (Å²) in [6.07, 6.45) is 3.44. The number of quaternary nitrogens is 1. The molecule has 1 N–H and O–H groups in total. The van der Waals surface area contributed by atoms with E-state index in [0.717, 1.165) is 26.2 Å². The molecule has 7 heteroatoms. The van der Waals surface area contributed by atoms with E-state index in [1.165, 1.54) is 23.1 Å². The summed E-state index contributed by atoms with van der Waals surface area (Å²) in [4.78, 5) is 11.7. The fourth-order valence-corrected chi connectivity index (χ4v) is 2.61. The molecule has 1 aromatic carbocycles. The van der Waals surface area contributed by atoms with E-state index in [-0.39, 0.29) is 18.0 Å². The van der Waals surface area contributed by atoms with E-state index in [9.17, 15) is 8.78 Å². The Hall–Kier alpha value is -1.79. The zero-order chi connectivity index (χ0) is 14.7. The van der Waals surface area contributed by atoms with E-state index < -0.39 is 11.6 Å². The Morgan fingerprint density at radius 3 is 2.18 bits per heavy atom. The molecule has 2 heterocycles. The van der Waals surface area contributed by atoms with Crippen molar-refractivity contribution in [2.45, 2.75) is 6.54 Å². The van der Waals surface area contributed by atoms with Crippen molar-refractivity contribution in [3.8, 4) is 0 Å². The van der Waals surface area contributed by atoms with Crippen LogP contribution in [0.3, 0.4) is 0 Å². The molecule has 22 heavy (non-hydrogen) atoms. The molecule has 0 saturated carbocycles. The first-order valence-corrected chi connectivity index (χ1v) is 7.02. The zero-order valence-corrected chi connectivity index (χ0v) is 12.7. The maximum atomic E-state index is 13.7. The molecule has 0 radical (unpaired) electrons. The lowest BCUT2D eigenvalue weighted by Crippen LogP contribution is -3.13. The highest BCUT2D eigenvalue weighted by atomic mass is 35.5. The average Bonchev–Trinajstić information content (AvgIpc) is 2.53. The Morgan fingerprint density at radius 2 is 1.59 bits per heavy atom. The summed E-state index contributed by atoms with van der Waals surface area (Å²) in [5, 5.41) is 0. The maximum absolute atomic E-state index is 13.7. The molecule has 3 rings (SSSR count). The molecule has 1 fully saturated rings. The molecule has 118 valence electrons. The molecule has 1 aliphatic rings. The molecule has 0 aliphatic carbocycles. The summed E-state index contributed by atoms with van der Waals surface area (Å²) in [6.45, 7) is 3.57. The van der Waals surface area contributed by atoms with Crippen molar-refractivity contribution >= 4 is 5.95 Å². The van der Waals surface area contributed by atoms with Crippen molar-refractivity contribution < 1.29 is 26.1 Å². The molecular formula is C15H17ClF2N4. The molecule has 1 aromatic heterocycles. The number of halogens is 3. The third-order valence-corrected chi connectivity index (χ3v) is 3.79. The van der Waals surface area contributed by atoms with Gasteiger partial charge in [0, 0.05) is 12.4 Å². The predicted octanol–water partition coefficient (Wildman–Crippen LogP) is -2.34. The van der Waals surface area contributed by atoms with Gasteiger partial charge in [0.15, 0.2) is 0 Å². The van der Waals surface area contributed by atoms with Crippen LogP contribution in [0.2, 0.25) is 0 Å². The third-order valence-electron chi connectivity index (χ3n) is 3.79. The summed E-state index contributed by atoms with van der Waals surface area (Å²) in [6, 6.07) is 5.80. The van der Waals surface area contributed by atoms with Crippen LogP contribution in [0, 0.1) is 11.6 Å². The first-order chi connectivity index (χ1) is 10.2. The number of nitrogens with one attached hydrogen (secondary N) is 1. The van der Waals surface area contributed by atoms with Gasteiger partial charge >= 0.3 is 0 Å². The van der Waals surface area contributed by atoms with Gasteiger partial charge in [-0.15, -0.1) is 0 Å². The second kappa shape index (κ2) is 7.47. The Balaban J connectivity index is 0.00000176. The van der Waals surface area contributed by atoms with Crippen molar-refractivity contribution in [1.29, 1.82) is 0 Å². The monoisotopic (exact) mass is 326 g/mol. The number of hydrogen-bond acceptors (Lipinski definition) is 3. The molecule has 4 nitrogen and oxygen atoms in total. The summed E-state index contributed by atoms with van der Waals surface area (Å²) < 4.78 is 27.3. The average molecular weight is 327 g/mol. The van der Waals surface area contributed by atoms with E-state index in [4.69, 9.17) is 0 Å². The number of nitrogens with zero attached hydrogens (tertiary/aromatic N) is 3. The highest BCUT2D eigenvalue weighted by Gasteiger charge is 2.23. The normalized spacial score (nSPS) is 15.5. The molecule has 0 atom stereocenters. The molecule has 0 bridgehead atoms. The van der Waals surface area contributed by atoms with Crippen LogP contribution in [-0.4, -0.2) is 36.1 Å². The van der Waals surface area contributed by atoms with Gasteiger partial charge in [-0.05, 0) is 18.2 Å². The fraction of sp³-hybridized carbons (Fsp3) is 0.333. The standard InChI is InChI=1S/C15H16F2N4.ClH/c16-13-3-1-4-14(17)12(13)11-20-7-9-21(10-8-20)15-18-5-2-6-19-15;/h1-6H,7-11H2;1H. The van der Waals surface area contributed by atoms with Crippen LogP contribution in [-0.2, 0) is 6.54 Å². The lowest BCUT2D eigenvalue weighted by Gasteiger charge is -2.32. The summed E-state index contributed by atoms with van der Waals surface area (Å²) in [5.74, 6) is -0.207. The van der Waals surface area contributed by atoms with Gasteiger partial charge in [0.25, 0.3) is 0 Å². The van der Waals surface area contributed by atoms with Crippen LogP contribution in [0.5, 0.6) is 0 Å².